The lowest BCUT2D eigenvalue weighted by Crippen LogP contribution is -2.44. The van der Waals surface area contributed by atoms with Gasteiger partial charge in [-0.15, -0.1) is 0 Å². The standard InChI is InChI=1S/C21H22ClN3O3/c1-4-21(15-8-6-5-7-9-15)19(27)25(20(28)24-21)12-17(26)23-18-14(3)10-13(2)11-16(18)22/h5-11H,4,12H2,1-3H3,(H,23,26)(H,24,28). The number of imide groups is 1. The van der Waals surface area contributed by atoms with E-state index in [0.29, 0.717) is 22.7 Å². The third-order valence-electron chi connectivity index (χ3n) is 4.97. The molecule has 1 unspecified atom stereocenters. The predicted molar refractivity (Wildman–Crippen MR) is 108 cm³/mol. The second-order valence-corrected chi connectivity index (χ2v) is 7.34. The van der Waals surface area contributed by atoms with Gasteiger partial charge in [0.05, 0.1) is 10.7 Å². The third-order valence-corrected chi connectivity index (χ3v) is 5.27. The number of rotatable bonds is 5. The molecule has 2 N–H and O–H groups in total. The molecule has 1 aliphatic heterocycles. The molecular weight excluding hydrogens is 378 g/mol. The zero-order valence-corrected chi connectivity index (χ0v) is 16.8. The smallest absolute Gasteiger partial charge is 0.323 e. The SMILES string of the molecule is CCC1(c2ccccc2)NC(=O)N(CC(=O)Nc2c(C)cc(C)cc2Cl)C1=O. The second-order valence-electron chi connectivity index (χ2n) is 6.93. The first-order chi connectivity index (χ1) is 13.3. The lowest BCUT2D eigenvalue weighted by molar-refractivity contribution is -0.134. The predicted octanol–water partition coefficient (Wildman–Crippen LogP) is 3.75. The van der Waals surface area contributed by atoms with Crippen LogP contribution in [-0.4, -0.2) is 29.3 Å². The van der Waals surface area contributed by atoms with Crippen LogP contribution in [0.15, 0.2) is 42.5 Å². The highest BCUT2D eigenvalue weighted by molar-refractivity contribution is 6.34. The first kappa shape index (κ1) is 19.9. The van der Waals surface area contributed by atoms with Crippen LogP contribution in [0.5, 0.6) is 0 Å². The van der Waals surface area contributed by atoms with Crippen molar-refractivity contribution < 1.29 is 14.4 Å². The number of benzene rings is 2. The van der Waals surface area contributed by atoms with Crippen molar-refractivity contribution in [3.8, 4) is 0 Å². The van der Waals surface area contributed by atoms with Gasteiger partial charge in [0, 0.05) is 0 Å². The van der Waals surface area contributed by atoms with Gasteiger partial charge in [-0.25, -0.2) is 4.79 Å². The highest BCUT2D eigenvalue weighted by Gasteiger charge is 2.51. The molecule has 0 bridgehead atoms. The van der Waals surface area contributed by atoms with E-state index in [1.54, 1.807) is 18.2 Å². The lowest BCUT2D eigenvalue weighted by atomic mass is 9.87. The summed E-state index contributed by atoms with van der Waals surface area (Å²) in [6, 6.07) is 12.1. The summed E-state index contributed by atoms with van der Waals surface area (Å²) in [5, 5.41) is 5.89. The van der Waals surface area contributed by atoms with Crippen LogP contribution in [0.2, 0.25) is 5.02 Å². The molecular formula is C21H22ClN3O3. The molecule has 0 spiro atoms. The Balaban J connectivity index is 1.80. The van der Waals surface area contributed by atoms with E-state index in [4.69, 9.17) is 11.6 Å². The molecule has 6 nitrogen and oxygen atoms in total. The number of hydrogen-bond donors (Lipinski definition) is 2. The molecule has 28 heavy (non-hydrogen) atoms. The molecule has 2 aromatic carbocycles. The van der Waals surface area contributed by atoms with Gasteiger partial charge in [0.2, 0.25) is 5.91 Å². The van der Waals surface area contributed by atoms with Crippen LogP contribution < -0.4 is 10.6 Å². The van der Waals surface area contributed by atoms with Crippen molar-refractivity contribution >= 4 is 35.1 Å². The number of carbonyl (C=O) groups excluding carboxylic acids is 3. The van der Waals surface area contributed by atoms with E-state index in [1.165, 1.54) is 0 Å². The largest absolute Gasteiger partial charge is 0.325 e. The number of nitrogens with zero attached hydrogens (tertiary/aromatic N) is 1. The summed E-state index contributed by atoms with van der Waals surface area (Å²) in [6.07, 6.45) is 0.378. The van der Waals surface area contributed by atoms with E-state index >= 15 is 0 Å². The molecule has 1 fully saturated rings. The van der Waals surface area contributed by atoms with Gasteiger partial charge in [-0.3, -0.25) is 14.5 Å². The summed E-state index contributed by atoms with van der Waals surface area (Å²) in [5.74, 6) is -0.926. The fourth-order valence-corrected chi connectivity index (χ4v) is 3.90. The van der Waals surface area contributed by atoms with Gasteiger partial charge in [0.1, 0.15) is 12.1 Å². The van der Waals surface area contributed by atoms with Crippen molar-refractivity contribution in [3.05, 3.63) is 64.2 Å². The average molecular weight is 400 g/mol. The van der Waals surface area contributed by atoms with Gasteiger partial charge in [0.25, 0.3) is 5.91 Å². The summed E-state index contributed by atoms with van der Waals surface area (Å²) >= 11 is 6.23. The quantitative estimate of drug-likeness (QED) is 0.751. The second kappa shape index (κ2) is 7.64. The van der Waals surface area contributed by atoms with Crippen LogP contribution >= 0.6 is 11.6 Å². The first-order valence-corrected chi connectivity index (χ1v) is 9.42. The van der Waals surface area contributed by atoms with Crippen LogP contribution in [0.3, 0.4) is 0 Å². The van der Waals surface area contributed by atoms with Gasteiger partial charge < -0.3 is 10.6 Å². The minimum atomic E-state index is -1.16. The van der Waals surface area contributed by atoms with E-state index in [0.717, 1.165) is 16.0 Å². The molecule has 3 rings (SSSR count). The number of hydrogen-bond acceptors (Lipinski definition) is 3. The summed E-state index contributed by atoms with van der Waals surface area (Å²) in [6.45, 7) is 5.18. The van der Waals surface area contributed by atoms with Crippen molar-refractivity contribution in [1.29, 1.82) is 0 Å². The van der Waals surface area contributed by atoms with Crippen LogP contribution in [0.1, 0.15) is 30.0 Å². The van der Waals surface area contributed by atoms with E-state index in [1.807, 2.05) is 45.0 Å². The Morgan fingerprint density at radius 3 is 2.46 bits per heavy atom. The maximum atomic E-state index is 13.1. The molecule has 0 aromatic heterocycles. The number of carbonyl (C=O) groups is 3. The van der Waals surface area contributed by atoms with Crippen molar-refractivity contribution in [2.45, 2.75) is 32.7 Å². The van der Waals surface area contributed by atoms with Crippen molar-refractivity contribution in [2.75, 3.05) is 11.9 Å². The summed E-state index contributed by atoms with van der Waals surface area (Å²) in [4.78, 5) is 39.0. The van der Waals surface area contributed by atoms with Crippen LogP contribution in [-0.2, 0) is 15.1 Å². The number of amides is 4. The van der Waals surface area contributed by atoms with E-state index in [2.05, 4.69) is 10.6 Å². The molecule has 0 saturated carbocycles. The monoisotopic (exact) mass is 399 g/mol. The number of halogens is 1. The molecule has 1 heterocycles. The normalized spacial score (nSPS) is 18.9. The summed E-state index contributed by atoms with van der Waals surface area (Å²) in [7, 11) is 0. The Bertz CT molecular complexity index is 922. The zero-order valence-electron chi connectivity index (χ0n) is 16.0. The Morgan fingerprint density at radius 1 is 1.18 bits per heavy atom. The fourth-order valence-electron chi connectivity index (χ4n) is 3.53. The minimum Gasteiger partial charge on any atom is -0.323 e. The average Bonchev–Trinajstić information content (AvgIpc) is 2.90. The Kier molecular flexibility index (Phi) is 5.42. The zero-order chi connectivity index (χ0) is 20.5. The summed E-state index contributed by atoms with van der Waals surface area (Å²) < 4.78 is 0. The molecule has 146 valence electrons. The number of aryl methyl sites for hydroxylation is 2. The molecule has 7 heteroatoms. The lowest BCUT2D eigenvalue weighted by Gasteiger charge is -2.25. The van der Waals surface area contributed by atoms with Crippen molar-refractivity contribution in [1.82, 2.24) is 10.2 Å². The molecule has 4 amide bonds. The number of anilines is 1. The molecule has 2 aromatic rings. The van der Waals surface area contributed by atoms with Crippen LogP contribution in [0.4, 0.5) is 10.5 Å². The Morgan fingerprint density at radius 2 is 1.86 bits per heavy atom. The van der Waals surface area contributed by atoms with Crippen LogP contribution in [0, 0.1) is 13.8 Å². The highest BCUT2D eigenvalue weighted by atomic mass is 35.5. The number of urea groups is 1. The Labute approximate surface area is 168 Å². The van der Waals surface area contributed by atoms with Gasteiger partial charge in [-0.1, -0.05) is 54.9 Å². The van der Waals surface area contributed by atoms with E-state index in [-0.39, 0.29) is 6.54 Å². The minimum absolute atomic E-state index is 0.378. The van der Waals surface area contributed by atoms with Gasteiger partial charge in [0.15, 0.2) is 0 Å². The number of nitrogens with one attached hydrogen (secondary N) is 2. The topological polar surface area (TPSA) is 78.5 Å². The first-order valence-electron chi connectivity index (χ1n) is 9.04. The molecule has 1 saturated heterocycles. The van der Waals surface area contributed by atoms with Crippen molar-refractivity contribution in [2.24, 2.45) is 0 Å². The fraction of sp³-hybridized carbons (Fsp3) is 0.286. The maximum absolute atomic E-state index is 13.1. The van der Waals surface area contributed by atoms with Gasteiger partial charge >= 0.3 is 6.03 Å². The maximum Gasteiger partial charge on any atom is 0.325 e. The molecule has 1 aliphatic rings. The molecule has 1 atom stereocenters. The molecule has 0 radical (unpaired) electrons. The van der Waals surface area contributed by atoms with E-state index < -0.39 is 23.4 Å². The molecule has 0 aliphatic carbocycles. The summed E-state index contributed by atoms with van der Waals surface area (Å²) in [5.41, 5.74) is 1.80. The third kappa shape index (κ3) is 3.47. The van der Waals surface area contributed by atoms with Crippen LogP contribution in [0.25, 0.3) is 0 Å². The van der Waals surface area contributed by atoms with Gasteiger partial charge in [-0.05, 0) is 43.0 Å². The van der Waals surface area contributed by atoms with Crippen molar-refractivity contribution in [3.63, 3.8) is 0 Å². The van der Waals surface area contributed by atoms with E-state index in [9.17, 15) is 14.4 Å². The Hall–Kier alpha value is -2.86. The highest BCUT2D eigenvalue weighted by Crippen LogP contribution is 2.32. The van der Waals surface area contributed by atoms with Gasteiger partial charge in [-0.2, -0.15) is 0 Å².